The Morgan fingerprint density at radius 2 is 2.29 bits per heavy atom. The fourth-order valence-electron chi connectivity index (χ4n) is 2.15. The van der Waals surface area contributed by atoms with E-state index in [1.807, 2.05) is 13.8 Å². The van der Waals surface area contributed by atoms with Crippen LogP contribution in [0.25, 0.3) is 0 Å². The summed E-state index contributed by atoms with van der Waals surface area (Å²) in [5.41, 5.74) is 0. The molecule has 2 unspecified atom stereocenters. The molecule has 2 rings (SSSR count). The van der Waals surface area contributed by atoms with Crippen LogP contribution in [0.3, 0.4) is 0 Å². The number of carbonyl (C=O) groups excluding carboxylic acids is 1. The van der Waals surface area contributed by atoms with E-state index in [1.54, 1.807) is 0 Å². The summed E-state index contributed by atoms with van der Waals surface area (Å²) in [6.45, 7) is 4.20. The number of likely N-dealkylation sites (tertiary alicyclic amines) is 1. The molecule has 1 fully saturated rings. The normalized spacial score (nSPS) is 24.0. The van der Waals surface area contributed by atoms with Gasteiger partial charge in [-0.05, 0) is 19.3 Å². The Labute approximate surface area is 103 Å². The predicted octanol–water partition coefficient (Wildman–Crippen LogP) is 1.39. The minimum atomic E-state index is -0.926. The van der Waals surface area contributed by atoms with Gasteiger partial charge in [-0.1, -0.05) is 6.92 Å². The lowest BCUT2D eigenvalue weighted by Gasteiger charge is -2.22. The van der Waals surface area contributed by atoms with Gasteiger partial charge in [0.2, 0.25) is 0 Å². The molecule has 1 amide bonds. The first-order chi connectivity index (χ1) is 8.00. The molecule has 2 atom stereocenters. The Morgan fingerprint density at radius 1 is 1.59 bits per heavy atom. The van der Waals surface area contributed by atoms with E-state index in [0.29, 0.717) is 11.4 Å². The number of hydrogen-bond donors (Lipinski definition) is 1. The number of carboxylic acids is 1. The first-order valence-electron chi connectivity index (χ1n) is 5.47. The Kier molecular flexibility index (Phi) is 3.15. The van der Waals surface area contributed by atoms with Gasteiger partial charge in [0.15, 0.2) is 0 Å². The van der Waals surface area contributed by atoms with E-state index < -0.39 is 12.0 Å². The van der Waals surface area contributed by atoms with Crippen molar-refractivity contribution in [1.82, 2.24) is 9.88 Å². The molecule has 1 aromatic rings. The minimum absolute atomic E-state index is 0.00506. The van der Waals surface area contributed by atoms with Gasteiger partial charge < -0.3 is 10.0 Å². The molecule has 0 aromatic carbocycles. The maximum absolute atomic E-state index is 12.2. The fourth-order valence-corrected chi connectivity index (χ4v) is 2.89. The van der Waals surface area contributed by atoms with E-state index in [0.717, 1.165) is 11.4 Å². The highest BCUT2D eigenvalue weighted by atomic mass is 32.1. The van der Waals surface area contributed by atoms with Gasteiger partial charge in [0.05, 0.1) is 11.2 Å². The lowest BCUT2D eigenvalue weighted by atomic mass is 10.0. The third-order valence-corrected chi connectivity index (χ3v) is 3.95. The summed E-state index contributed by atoms with van der Waals surface area (Å²) in [5.74, 6) is -1.14. The summed E-state index contributed by atoms with van der Waals surface area (Å²) >= 11 is 1.30. The molecule has 17 heavy (non-hydrogen) atoms. The van der Waals surface area contributed by atoms with Crippen molar-refractivity contribution in [3.8, 4) is 0 Å². The third kappa shape index (κ3) is 2.17. The van der Waals surface area contributed by atoms with Crippen molar-refractivity contribution in [3.05, 3.63) is 16.1 Å². The molecule has 1 aliphatic heterocycles. The van der Waals surface area contributed by atoms with Crippen LogP contribution >= 0.6 is 11.3 Å². The van der Waals surface area contributed by atoms with E-state index in [-0.39, 0.29) is 11.8 Å². The van der Waals surface area contributed by atoms with Crippen LogP contribution < -0.4 is 0 Å². The van der Waals surface area contributed by atoms with Crippen LogP contribution in [0.15, 0.2) is 6.20 Å². The highest BCUT2D eigenvalue weighted by Crippen LogP contribution is 2.27. The molecule has 1 aliphatic rings. The van der Waals surface area contributed by atoms with Crippen LogP contribution in [0.5, 0.6) is 0 Å². The molecule has 1 aromatic heterocycles. The Bertz CT molecular complexity index is 457. The SMILES string of the molecule is Cc1ncc(C(=O)N2CCC(C)C2C(=O)O)s1. The van der Waals surface area contributed by atoms with Gasteiger partial charge in [-0.15, -0.1) is 11.3 Å². The molecule has 0 aliphatic carbocycles. The second kappa shape index (κ2) is 4.44. The zero-order valence-electron chi connectivity index (χ0n) is 9.71. The Balaban J connectivity index is 2.22. The Hall–Kier alpha value is -1.43. The molecular formula is C11H14N2O3S. The van der Waals surface area contributed by atoms with Gasteiger partial charge in [0, 0.05) is 6.54 Å². The van der Waals surface area contributed by atoms with Gasteiger partial charge in [-0.3, -0.25) is 4.79 Å². The molecule has 92 valence electrons. The summed E-state index contributed by atoms with van der Waals surface area (Å²) in [4.78, 5) is 29.3. The average molecular weight is 254 g/mol. The highest BCUT2D eigenvalue weighted by Gasteiger charge is 2.40. The van der Waals surface area contributed by atoms with Gasteiger partial charge in [-0.25, -0.2) is 9.78 Å². The minimum Gasteiger partial charge on any atom is -0.480 e. The number of nitrogens with zero attached hydrogens (tertiary/aromatic N) is 2. The lowest BCUT2D eigenvalue weighted by molar-refractivity contribution is -0.142. The fraction of sp³-hybridized carbons (Fsp3) is 0.545. The van der Waals surface area contributed by atoms with Crippen molar-refractivity contribution >= 4 is 23.2 Å². The van der Waals surface area contributed by atoms with Crippen molar-refractivity contribution in [2.45, 2.75) is 26.3 Å². The molecule has 1 N–H and O–H groups in total. The largest absolute Gasteiger partial charge is 0.480 e. The number of carboxylic acid groups (broad SMARTS) is 1. The van der Waals surface area contributed by atoms with E-state index in [1.165, 1.54) is 22.4 Å². The molecule has 0 saturated carbocycles. The smallest absolute Gasteiger partial charge is 0.326 e. The first kappa shape index (κ1) is 12.0. The van der Waals surface area contributed by atoms with Gasteiger partial charge >= 0.3 is 5.97 Å². The number of aryl methyl sites for hydroxylation is 1. The summed E-state index contributed by atoms with van der Waals surface area (Å²) < 4.78 is 0. The standard InChI is InChI=1S/C11H14N2O3S/c1-6-3-4-13(9(6)11(15)16)10(14)8-5-12-7(2)17-8/h5-6,9H,3-4H2,1-2H3,(H,15,16). The monoisotopic (exact) mass is 254 g/mol. The number of amides is 1. The van der Waals surface area contributed by atoms with Crippen molar-refractivity contribution in [2.75, 3.05) is 6.54 Å². The maximum atomic E-state index is 12.2. The molecule has 5 nitrogen and oxygen atoms in total. The van der Waals surface area contributed by atoms with Crippen LogP contribution in [0, 0.1) is 12.8 Å². The quantitative estimate of drug-likeness (QED) is 0.865. The zero-order valence-corrected chi connectivity index (χ0v) is 10.5. The van der Waals surface area contributed by atoms with E-state index in [2.05, 4.69) is 4.98 Å². The number of thiazole rings is 1. The van der Waals surface area contributed by atoms with E-state index >= 15 is 0 Å². The van der Waals surface area contributed by atoms with E-state index in [9.17, 15) is 9.59 Å². The number of rotatable bonds is 2. The van der Waals surface area contributed by atoms with Gasteiger partial charge in [0.1, 0.15) is 10.9 Å². The number of aromatic nitrogens is 1. The topological polar surface area (TPSA) is 70.5 Å². The summed E-state index contributed by atoms with van der Waals surface area (Å²) in [6, 6.07) is -0.704. The summed E-state index contributed by atoms with van der Waals surface area (Å²) in [6.07, 6.45) is 2.25. The van der Waals surface area contributed by atoms with Crippen molar-refractivity contribution in [3.63, 3.8) is 0 Å². The first-order valence-corrected chi connectivity index (χ1v) is 6.28. The molecule has 2 heterocycles. The summed E-state index contributed by atoms with van der Waals surface area (Å²) in [5, 5.41) is 9.96. The zero-order chi connectivity index (χ0) is 12.6. The van der Waals surface area contributed by atoms with Crippen molar-refractivity contribution in [2.24, 2.45) is 5.92 Å². The lowest BCUT2D eigenvalue weighted by Crippen LogP contribution is -2.42. The van der Waals surface area contributed by atoms with Gasteiger partial charge in [0.25, 0.3) is 5.91 Å². The van der Waals surface area contributed by atoms with Crippen LogP contribution in [-0.2, 0) is 4.79 Å². The average Bonchev–Trinajstić information content (AvgIpc) is 2.83. The number of carbonyl (C=O) groups is 2. The molecule has 0 radical (unpaired) electrons. The van der Waals surface area contributed by atoms with Crippen molar-refractivity contribution in [1.29, 1.82) is 0 Å². The van der Waals surface area contributed by atoms with Crippen LogP contribution in [0.4, 0.5) is 0 Å². The molecule has 6 heteroatoms. The molecule has 0 bridgehead atoms. The number of hydrogen-bond acceptors (Lipinski definition) is 4. The van der Waals surface area contributed by atoms with Crippen LogP contribution in [0.1, 0.15) is 28.0 Å². The van der Waals surface area contributed by atoms with Crippen LogP contribution in [0.2, 0.25) is 0 Å². The maximum Gasteiger partial charge on any atom is 0.326 e. The summed E-state index contributed by atoms with van der Waals surface area (Å²) in [7, 11) is 0. The second-order valence-electron chi connectivity index (χ2n) is 4.29. The number of aliphatic carboxylic acids is 1. The third-order valence-electron chi connectivity index (χ3n) is 3.05. The van der Waals surface area contributed by atoms with Crippen LogP contribution in [-0.4, -0.2) is 39.5 Å². The second-order valence-corrected chi connectivity index (χ2v) is 5.53. The molecule has 0 spiro atoms. The van der Waals surface area contributed by atoms with E-state index in [4.69, 9.17) is 5.11 Å². The Morgan fingerprint density at radius 3 is 2.82 bits per heavy atom. The van der Waals surface area contributed by atoms with Gasteiger partial charge in [-0.2, -0.15) is 0 Å². The predicted molar refractivity (Wildman–Crippen MR) is 63.1 cm³/mol. The van der Waals surface area contributed by atoms with Crippen molar-refractivity contribution < 1.29 is 14.7 Å². The highest BCUT2D eigenvalue weighted by molar-refractivity contribution is 7.13. The molecular weight excluding hydrogens is 240 g/mol. The molecule has 1 saturated heterocycles.